The van der Waals surface area contributed by atoms with Crippen LogP contribution < -0.4 is 0 Å². The van der Waals surface area contributed by atoms with E-state index in [-0.39, 0.29) is 31.1 Å². The van der Waals surface area contributed by atoms with Crippen molar-refractivity contribution in [3.05, 3.63) is 85.1 Å². The number of unbranched alkanes of at least 4 members (excludes halogenated alkanes) is 33. The zero-order valence-electron chi connectivity index (χ0n) is 49.6. The minimum atomic E-state index is -0.789. The van der Waals surface area contributed by atoms with E-state index in [0.717, 1.165) is 109 Å². The van der Waals surface area contributed by atoms with Gasteiger partial charge in [-0.15, -0.1) is 0 Å². The molecule has 75 heavy (non-hydrogen) atoms. The van der Waals surface area contributed by atoms with Gasteiger partial charge in [-0.25, -0.2) is 0 Å². The van der Waals surface area contributed by atoms with Gasteiger partial charge in [0.15, 0.2) is 6.10 Å². The van der Waals surface area contributed by atoms with Crippen molar-refractivity contribution in [2.75, 3.05) is 13.2 Å². The Morgan fingerprint density at radius 3 is 0.813 bits per heavy atom. The molecular formula is C69H120O6. The first-order valence-corrected chi connectivity index (χ1v) is 32.1. The number of hydrogen-bond acceptors (Lipinski definition) is 6. The fourth-order valence-corrected chi connectivity index (χ4v) is 9.09. The second kappa shape index (κ2) is 63.1. The van der Waals surface area contributed by atoms with Gasteiger partial charge in [0, 0.05) is 19.3 Å². The van der Waals surface area contributed by atoms with Gasteiger partial charge < -0.3 is 14.2 Å². The van der Waals surface area contributed by atoms with E-state index in [1.807, 2.05) is 0 Å². The lowest BCUT2D eigenvalue weighted by Crippen LogP contribution is -2.30. The topological polar surface area (TPSA) is 78.9 Å². The summed E-state index contributed by atoms with van der Waals surface area (Å²) in [5.74, 6) is -0.898. The highest BCUT2D eigenvalue weighted by Gasteiger charge is 2.19. The molecule has 0 aliphatic carbocycles. The molecule has 0 spiro atoms. The molecule has 1 unspecified atom stereocenters. The van der Waals surface area contributed by atoms with E-state index in [4.69, 9.17) is 14.2 Å². The van der Waals surface area contributed by atoms with Crippen molar-refractivity contribution in [2.24, 2.45) is 0 Å². The lowest BCUT2D eigenvalue weighted by atomic mass is 10.0. The summed E-state index contributed by atoms with van der Waals surface area (Å²) in [4.78, 5) is 38.3. The van der Waals surface area contributed by atoms with Crippen molar-refractivity contribution in [3.8, 4) is 0 Å². The Morgan fingerprint density at radius 1 is 0.280 bits per heavy atom. The number of ether oxygens (including phenoxy) is 3. The van der Waals surface area contributed by atoms with Crippen molar-refractivity contribution in [1.82, 2.24) is 0 Å². The molecule has 0 saturated heterocycles. The average Bonchev–Trinajstić information content (AvgIpc) is 3.41. The average molecular weight is 1050 g/mol. The Kier molecular flexibility index (Phi) is 60.3. The Morgan fingerprint density at radius 2 is 0.520 bits per heavy atom. The first-order chi connectivity index (χ1) is 37.0. The van der Waals surface area contributed by atoms with Crippen LogP contribution in [0.3, 0.4) is 0 Å². The van der Waals surface area contributed by atoms with Gasteiger partial charge in [0.05, 0.1) is 0 Å². The number of hydrogen-bond donors (Lipinski definition) is 0. The molecule has 0 amide bonds. The molecule has 0 fully saturated rings. The van der Waals surface area contributed by atoms with Crippen LogP contribution in [0.25, 0.3) is 0 Å². The highest BCUT2D eigenvalue weighted by molar-refractivity contribution is 5.71. The number of carbonyl (C=O) groups excluding carboxylic acids is 3. The molecule has 6 heteroatoms. The largest absolute Gasteiger partial charge is 0.462 e. The van der Waals surface area contributed by atoms with Gasteiger partial charge in [-0.05, 0) is 96.3 Å². The number of allylic oxidation sites excluding steroid dienone is 14. The summed E-state index contributed by atoms with van der Waals surface area (Å²) in [6.07, 6.45) is 83.0. The summed E-state index contributed by atoms with van der Waals surface area (Å²) in [6, 6.07) is 0. The second-order valence-electron chi connectivity index (χ2n) is 21.3. The number of esters is 3. The van der Waals surface area contributed by atoms with Crippen molar-refractivity contribution >= 4 is 17.9 Å². The Hall–Kier alpha value is -3.41. The molecule has 0 saturated carbocycles. The molecule has 6 nitrogen and oxygen atoms in total. The minimum absolute atomic E-state index is 0.0843. The lowest BCUT2D eigenvalue weighted by molar-refractivity contribution is -0.167. The van der Waals surface area contributed by atoms with E-state index >= 15 is 0 Å². The van der Waals surface area contributed by atoms with Crippen molar-refractivity contribution in [2.45, 2.75) is 322 Å². The SMILES string of the molecule is CC/C=C\C/C=C\C/C=C\C/C=C\CCCCCCC(=O)OC(COC(=O)CCCCCCCCCCCCCCC)COC(=O)CCCCCCCCCCCCCC/C=C\C/C=C\C/C=C\CCCCCCC. The molecule has 0 heterocycles. The Balaban J connectivity index is 4.30. The molecule has 0 rings (SSSR count). The summed E-state index contributed by atoms with van der Waals surface area (Å²) in [7, 11) is 0. The van der Waals surface area contributed by atoms with Crippen molar-refractivity contribution in [1.29, 1.82) is 0 Å². The van der Waals surface area contributed by atoms with Gasteiger partial charge in [0.25, 0.3) is 0 Å². The zero-order valence-corrected chi connectivity index (χ0v) is 49.6. The first-order valence-electron chi connectivity index (χ1n) is 32.1. The van der Waals surface area contributed by atoms with Crippen LogP contribution in [0.2, 0.25) is 0 Å². The third-order valence-electron chi connectivity index (χ3n) is 13.9. The van der Waals surface area contributed by atoms with Crippen LogP contribution in [0, 0.1) is 0 Å². The van der Waals surface area contributed by atoms with E-state index in [9.17, 15) is 14.4 Å². The van der Waals surface area contributed by atoms with Crippen LogP contribution >= 0.6 is 0 Å². The maximum Gasteiger partial charge on any atom is 0.306 e. The fourth-order valence-electron chi connectivity index (χ4n) is 9.09. The van der Waals surface area contributed by atoms with Crippen LogP contribution in [-0.2, 0) is 28.6 Å². The van der Waals surface area contributed by atoms with Crippen LogP contribution in [0.15, 0.2) is 85.1 Å². The molecule has 432 valence electrons. The maximum absolute atomic E-state index is 12.9. The van der Waals surface area contributed by atoms with Gasteiger partial charge in [-0.2, -0.15) is 0 Å². The number of carbonyl (C=O) groups is 3. The van der Waals surface area contributed by atoms with Gasteiger partial charge in [0.2, 0.25) is 0 Å². The molecule has 1 atom stereocenters. The number of rotatable bonds is 58. The van der Waals surface area contributed by atoms with E-state index in [1.54, 1.807) is 0 Å². The molecular weight excluding hydrogens is 925 g/mol. The predicted octanol–water partition coefficient (Wildman–Crippen LogP) is 21.9. The zero-order chi connectivity index (χ0) is 54.3. The van der Waals surface area contributed by atoms with Gasteiger partial charge in [0.1, 0.15) is 13.2 Å². The molecule has 0 aliphatic rings. The smallest absolute Gasteiger partial charge is 0.306 e. The van der Waals surface area contributed by atoms with E-state index < -0.39 is 6.10 Å². The van der Waals surface area contributed by atoms with Crippen LogP contribution in [-0.4, -0.2) is 37.2 Å². The summed E-state index contributed by atoms with van der Waals surface area (Å²) in [6.45, 7) is 6.52. The van der Waals surface area contributed by atoms with Crippen LogP contribution in [0.1, 0.15) is 316 Å². The van der Waals surface area contributed by atoms with E-state index in [0.29, 0.717) is 19.3 Å². The van der Waals surface area contributed by atoms with Gasteiger partial charge >= 0.3 is 17.9 Å². The summed E-state index contributed by atoms with van der Waals surface area (Å²) < 4.78 is 16.9. The molecule has 0 N–H and O–H groups in total. The predicted molar refractivity (Wildman–Crippen MR) is 325 cm³/mol. The molecule has 0 aromatic carbocycles. The molecule has 0 bridgehead atoms. The summed E-state index contributed by atoms with van der Waals surface area (Å²) in [5, 5.41) is 0. The maximum atomic E-state index is 12.9. The monoisotopic (exact) mass is 1040 g/mol. The van der Waals surface area contributed by atoms with E-state index in [2.05, 4.69) is 106 Å². The van der Waals surface area contributed by atoms with Gasteiger partial charge in [-0.1, -0.05) is 286 Å². The first kappa shape index (κ1) is 71.6. The standard InChI is InChI=1S/C69H120O6/c1-4-7-10-13-16-19-22-25-27-29-30-31-32-33-34-35-36-37-38-40-41-44-47-50-53-56-59-62-68(71)74-65-66(64-73-67(70)61-58-55-52-49-46-43-24-21-18-15-12-9-6-3)75-69(72)63-60-57-54-51-48-45-42-39-28-26-23-20-17-14-11-8-5-2/h8,11,17,20,22,25-26,28-30,32-33,42,45,66H,4-7,9-10,12-16,18-19,21,23-24,27,31,34-41,43-44,46-65H2,1-3H3/b11-8-,20-17-,25-22-,28-26-,30-29-,33-32-,45-42-. The highest BCUT2D eigenvalue weighted by Crippen LogP contribution is 2.16. The Bertz CT molecular complexity index is 1430. The van der Waals surface area contributed by atoms with Crippen LogP contribution in [0.4, 0.5) is 0 Å². The normalized spacial score (nSPS) is 12.6. The van der Waals surface area contributed by atoms with Gasteiger partial charge in [-0.3, -0.25) is 14.4 Å². The molecule has 0 radical (unpaired) electrons. The van der Waals surface area contributed by atoms with Crippen molar-refractivity contribution in [3.63, 3.8) is 0 Å². The van der Waals surface area contributed by atoms with E-state index in [1.165, 1.54) is 167 Å². The summed E-state index contributed by atoms with van der Waals surface area (Å²) in [5.41, 5.74) is 0. The molecule has 0 aromatic rings. The summed E-state index contributed by atoms with van der Waals surface area (Å²) >= 11 is 0. The highest BCUT2D eigenvalue weighted by atomic mass is 16.6. The lowest BCUT2D eigenvalue weighted by Gasteiger charge is -2.18. The van der Waals surface area contributed by atoms with Crippen LogP contribution in [0.5, 0.6) is 0 Å². The molecule has 0 aromatic heterocycles. The second-order valence-corrected chi connectivity index (χ2v) is 21.3. The fraction of sp³-hybridized carbons (Fsp3) is 0.754. The minimum Gasteiger partial charge on any atom is -0.462 e. The third kappa shape index (κ3) is 61.3. The van der Waals surface area contributed by atoms with Crippen molar-refractivity contribution < 1.29 is 28.6 Å². The molecule has 0 aliphatic heterocycles. The Labute approximate surface area is 465 Å². The quantitative estimate of drug-likeness (QED) is 0.0261. The third-order valence-corrected chi connectivity index (χ3v) is 13.9.